The zero-order valence-electron chi connectivity index (χ0n) is 13.3. The Balaban J connectivity index is 1.84. The lowest BCUT2D eigenvalue weighted by atomic mass is 10.2. The van der Waals surface area contributed by atoms with Crippen LogP contribution in [0.1, 0.15) is 19.3 Å². The van der Waals surface area contributed by atoms with Crippen LogP contribution in [-0.2, 0) is 9.53 Å². The molecule has 0 aromatic heterocycles. The molecule has 1 saturated heterocycles. The quantitative estimate of drug-likeness (QED) is 0.797. The van der Waals surface area contributed by atoms with Crippen molar-refractivity contribution in [3.8, 4) is 11.5 Å². The first kappa shape index (κ1) is 16.7. The van der Waals surface area contributed by atoms with Crippen LogP contribution < -0.4 is 14.4 Å². The number of allylic oxidation sites excluding steroid dienone is 2. The Hall–Kier alpha value is -2.15. The maximum absolute atomic E-state index is 12.6. The van der Waals surface area contributed by atoms with Crippen LogP contribution in [0.15, 0.2) is 30.0 Å². The van der Waals surface area contributed by atoms with E-state index in [1.807, 2.05) is 11.9 Å². The standard InChI is InChI=1S/C17H19F2NO4/c1-20(11-2-4-13(21)8-11)12-3-5-15(24-17(18)19)16(9-12)23-14-6-7-22-10-14/h3,5,8-9,14,17H,2,4,6-7,10H2,1H3/t14-/m0/s1. The molecule has 1 aromatic carbocycles. The smallest absolute Gasteiger partial charge is 0.387 e. The summed E-state index contributed by atoms with van der Waals surface area (Å²) in [6.45, 7) is -1.91. The predicted molar refractivity (Wildman–Crippen MR) is 83.7 cm³/mol. The monoisotopic (exact) mass is 339 g/mol. The molecule has 1 aromatic rings. The lowest BCUT2D eigenvalue weighted by molar-refractivity contribution is -0.114. The zero-order valence-corrected chi connectivity index (χ0v) is 13.3. The summed E-state index contributed by atoms with van der Waals surface area (Å²) >= 11 is 0. The molecule has 1 aliphatic heterocycles. The average molecular weight is 339 g/mol. The van der Waals surface area contributed by atoms with Crippen LogP contribution >= 0.6 is 0 Å². The Morgan fingerprint density at radius 2 is 2.12 bits per heavy atom. The molecule has 5 nitrogen and oxygen atoms in total. The first-order chi connectivity index (χ1) is 11.5. The second-order valence-electron chi connectivity index (χ2n) is 5.77. The van der Waals surface area contributed by atoms with Gasteiger partial charge in [0.2, 0.25) is 0 Å². The molecule has 1 atom stereocenters. The fourth-order valence-corrected chi connectivity index (χ4v) is 2.79. The van der Waals surface area contributed by atoms with Crippen molar-refractivity contribution in [2.75, 3.05) is 25.2 Å². The summed E-state index contributed by atoms with van der Waals surface area (Å²) in [5.41, 5.74) is 1.63. The van der Waals surface area contributed by atoms with Gasteiger partial charge in [-0.25, -0.2) is 0 Å². The highest BCUT2D eigenvalue weighted by molar-refractivity contribution is 5.93. The molecule has 130 valence electrons. The van der Waals surface area contributed by atoms with Crippen LogP contribution in [0.5, 0.6) is 11.5 Å². The number of rotatable bonds is 6. The number of nitrogens with zero attached hydrogens (tertiary/aromatic N) is 1. The fourth-order valence-electron chi connectivity index (χ4n) is 2.79. The van der Waals surface area contributed by atoms with E-state index in [4.69, 9.17) is 9.47 Å². The minimum Gasteiger partial charge on any atom is -0.484 e. The minimum atomic E-state index is -2.93. The molecule has 0 spiro atoms. The summed E-state index contributed by atoms with van der Waals surface area (Å²) in [5.74, 6) is 0.333. The van der Waals surface area contributed by atoms with E-state index in [2.05, 4.69) is 4.74 Å². The van der Waals surface area contributed by atoms with E-state index in [0.29, 0.717) is 32.5 Å². The Labute approximate surface area is 138 Å². The van der Waals surface area contributed by atoms with Gasteiger partial charge in [-0.05, 0) is 18.6 Å². The summed E-state index contributed by atoms with van der Waals surface area (Å²) < 4.78 is 40.8. The van der Waals surface area contributed by atoms with E-state index < -0.39 is 6.61 Å². The maximum atomic E-state index is 12.6. The van der Waals surface area contributed by atoms with E-state index in [1.165, 1.54) is 6.07 Å². The van der Waals surface area contributed by atoms with Crippen molar-refractivity contribution < 1.29 is 27.8 Å². The van der Waals surface area contributed by atoms with Gasteiger partial charge in [-0.15, -0.1) is 0 Å². The first-order valence-corrected chi connectivity index (χ1v) is 7.83. The van der Waals surface area contributed by atoms with Gasteiger partial charge < -0.3 is 19.1 Å². The number of ketones is 1. The number of carbonyl (C=O) groups excluding carboxylic acids is 1. The van der Waals surface area contributed by atoms with E-state index in [9.17, 15) is 13.6 Å². The van der Waals surface area contributed by atoms with Crippen LogP contribution in [0.3, 0.4) is 0 Å². The molecule has 0 unspecified atom stereocenters. The van der Waals surface area contributed by atoms with Crippen LogP contribution in [0.4, 0.5) is 14.5 Å². The number of hydrogen-bond donors (Lipinski definition) is 0. The van der Waals surface area contributed by atoms with Crippen molar-refractivity contribution in [3.05, 3.63) is 30.0 Å². The van der Waals surface area contributed by atoms with Crippen LogP contribution in [-0.4, -0.2) is 38.8 Å². The minimum absolute atomic E-state index is 0.00877. The lowest BCUT2D eigenvalue weighted by Crippen LogP contribution is -2.18. The second kappa shape index (κ2) is 7.17. The normalized spacial score (nSPS) is 20.4. The molecule has 0 saturated carbocycles. The molecule has 1 fully saturated rings. The van der Waals surface area contributed by atoms with E-state index in [1.54, 1.807) is 18.2 Å². The molecule has 7 heteroatoms. The molecular weight excluding hydrogens is 320 g/mol. The highest BCUT2D eigenvalue weighted by Crippen LogP contribution is 2.36. The Morgan fingerprint density at radius 1 is 1.29 bits per heavy atom. The van der Waals surface area contributed by atoms with E-state index in [-0.39, 0.29) is 23.4 Å². The first-order valence-electron chi connectivity index (χ1n) is 7.83. The number of benzene rings is 1. The molecule has 3 rings (SSSR count). The molecule has 24 heavy (non-hydrogen) atoms. The maximum Gasteiger partial charge on any atom is 0.387 e. The number of halogens is 2. The van der Waals surface area contributed by atoms with Gasteiger partial charge in [-0.1, -0.05) is 0 Å². The van der Waals surface area contributed by atoms with Gasteiger partial charge in [0.25, 0.3) is 0 Å². The number of ether oxygens (including phenoxy) is 3. The highest BCUT2D eigenvalue weighted by atomic mass is 19.3. The number of hydrogen-bond acceptors (Lipinski definition) is 5. The summed E-state index contributed by atoms with van der Waals surface area (Å²) in [6, 6.07) is 4.78. The van der Waals surface area contributed by atoms with Crippen molar-refractivity contribution in [2.45, 2.75) is 32.0 Å². The molecule has 0 radical (unpaired) electrons. The average Bonchev–Trinajstić information content (AvgIpc) is 3.19. The van der Waals surface area contributed by atoms with Gasteiger partial charge in [-0.2, -0.15) is 8.78 Å². The second-order valence-corrected chi connectivity index (χ2v) is 5.77. The topological polar surface area (TPSA) is 48.0 Å². The number of alkyl halides is 2. The van der Waals surface area contributed by atoms with Gasteiger partial charge in [0, 0.05) is 43.4 Å². The molecule has 2 aliphatic rings. The largest absolute Gasteiger partial charge is 0.484 e. The Kier molecular flexibility index (Phi) is 4.99. The fraction of sp³-hybridized carbons (Fsp3) is 0.471. The van der Waals surface area contributed by atoms with Crippen molar-refractivity contribution in [1.29, 1.82) is 0 Å². The molecule has 1 aliphatic carbocycles. The van der Waals surface area contributed by atoms with Crippen LogP contribution in [0, 0.1) is 0 Å². The SMILES string of the molecule is CN(C1=CC(=O)CC1)c1ccc(OC(F)F)c(O[C@H]2CCOC2)c1. The summed E-state index contributed by atoms with van der Waals surface area (Å²) in [6.07, 6.45) is 3.28. The van der Waals surface area contributed by atoms with Gasteiger partial charge >= 0.3 is 6.61 Å². The lowest BCUT2D eigenvalue weighted by Gasteiger charge is -2.23. The van der Waals surface area contributed by atoms with Crippen molar-refractivity contribution in [1.82, 2.24) is 0 Å². The number of anilines is 1. The van der Waals surface area contributed by atoms with Crippen LogP contribution in [0.2, 0.25) is 0 Å². The number of carbonyl (C=O) groups is 1. The van der Waals surface area contributed by atoms with Gasteiger partial charge in [-0.3, -0.25) is 4.79 Å². The molecule has 0 amide bonds. The zero-order chi connectivity index (χ0) is 17.1. The van der Waals surface area contributed by atoms with E-state index >= 15 is 0 Å². The van der Waals surface area contributed by atoms with Crippen LogP contribution in [0.25, 0.3) is 0 Å². The Bertz CT molecular complexity index is 641. The third kappa shape index (κ3) is 3.84. The summed E-state index contributed by atoms with van der Waals surface area (Å²) in [7, 11) is 1.83. The summed E-state index contributed by atoms with van der Waals surface area (Å²) in [5, 5.41) is 0. The molecule has 1 heterocycles. The molecule has 0 N–H and O–H groups in total. The predicted octanol–water partition coefficient (Wildman–Crippen LogP) is 3.14. The third-order valence-electron chi connectivity index (χ3n) is 4.10. The van der Waals surface area contributed by atoms with Crippen molar-refractivity contribution >= 4 is 11.5 Å². The van der Waals surface area contributed by atoms with E-state index in [0.717, 1.165) is 11.4 Å². The molecular formula is C17H19F2NO4. The highest BCUT2D eigenvalue weighted by Gasteiger charge is 2.22. The van der Waals surface area contributed by atoms with Gasteiger partial charge in [0.15, 0.2) is 17.3 Å². The molecule has 0 bridgehead atoms. The van der Waals surface area contributed by atoms with Gasteiger partial charge in [0.1, 0.15) is 6.10 Å². The summed E-state index contributed by atoms with van der Waals surface area (Å²) in [4.78, 5) is 13.3. The Morgan fingerprint density at radius 3 is 2.75 bits per heavy atom. The third-order valence-corrected chi connectivity index (χ3v) is 4.10. The van der Waals surface area contributed by atoms with Crippen molar-refractivity contribution in [2.24, 2.45) is 0 Å². The van der Waals surface area contributed by atoms with Crippen molar-refractivity contribution in [3.63, 3.8) is 0 Å². The van der Waals surface area contributed by atoms with Gasteiger partial charge in [0.05, 0.1) is 13.2 Å².